The van der Waals surface area contributed by atoms with Crippen molar-refractivity contribution in [2.75, 3.05) is 23.1 Å². The van der Waals surface area contributed by atoms with E-state index in [0.717, 1.165) is 12.8 Å². The Morgan fingerprint density at radius 3 is 2.55 bits per heavy atom. The summed E-state index contributed by atoms with van der Waals surface area (Å²) in [5, 5.41) is 2.70. The number of nitrogens with one attached hydrogen (secondary N) is 1. The van der Waals surface area contributed by atoms with Crippen LogP contribution in [0, 0.1) is 5.41 Å². The summed E-state index contributed by atoms with van der Waals surface area (Å²) in [6.45, 7) is 0. The summed E-state index contributed by atoms with van der Waals surface area (Å²) < 4.78 is 22.6. The average Bonchev–Trinajstić information content (AvgIpc) is 2.98. The molecule has 0 aromatic carbocycles. The Balaban J connectivity index is 0.00000200. The van der Waals surface area contributed by atoms with Crippen molar-refractivity contribution in [1.82, 2.24) is 4.98 Å². The van der Waals surface area contributed by atoms with Gasteiger partial charge in [0.15, 0.2) is 0 Å². The van der Waals surface area contributed by atoms with Crippen molar-refractivity contribution in [1.29, 1.82) is 0 Å². The summed E-state index contributed by atoms with van der Waals surface area (Å²) in [6, 6.07) is 3.26. The fraction of sp³-hybridized carbons (Fsp3) is 0.500. The van der Waals surface area contributed by atoms with Crippen LogP contribution in [0.1, 0.15) is 19.3 Å². The number of aromatic nitrogens is 1. The summed E-state index contributed by atoms with van der Waals surface area (Å²) in [5.41, 5.74) is 5.65. The van der Waals surface area contributed by atoms with Gasteiger partial charge in [0.2, 0.25) is 5.91 Å². The van der Waals surface area contributed by atoms with Gasteiger partial charge < -0.3 is 11.1 Å². The number of sulfone groups is 1. The summed E-state index contributed by atoms with van der Waals surface area (Å²) in [6.07, 6.45) is 4.48. The predicted molar refractivity (Wildman–Crippen MR) is 80.5 cm³/mol. The summed E-state index contributed by atoms with van der Waals surface area (Å²) in [7, 11) is -3.05. The van der Waals surface area contributed by atoms with Crippen molar-refractivity contribution in [3.63, 3.8) is 0 Å². The van der Waals surface area contributed by atoms with Crippen LogP contribution < -0.4 is 11.1 Å². The van der Waals surface area contributed by atoms with Gasteiger partial charge in [0.05, 0.1) is 17.6 Å². The van der Waals surface area contributed by atoms with E-state index in [0.29, 0.717) is 11.5 Å². The van der Waals surface area contributed by atoms with Gasteiger partial charge in [-0.25, -0.2) is 13.4 Å². The number of pyridine rings is 1. The van der Waals surface area contributed by atoms with E-state index in [-0.39, 0.29) is 35.9 Å². The number of nitrogens with two attached hydrogens (primary N) is 1. The summed E-state index contributed by atoms with van der Waals surface area (Å²) >= 11 is 0. The number of nitrogen functional groups attached to an aromatic ring is 1. The van der Waals surface area contributed by atoms with Crippen molar-refractivity contribution in [3.05, 3.63) is 18.3 Å². The second-order valence-electron chi connectivity index (χ2n) is 5.27. The first-order valence-electron chi connectivity index (χ1n) is 5.97. The van der Waals surface area contributed by atoms with E-state index in [1.54, 1.807) is 12.1 Å². The van der Waals surface area contributed by atoms with Crippen LogP contribution in [-0.2, 0) is 14.6 Å². The third-order valence-electron chi connectivity index (χ3n) is 3.13. The van der Waals surface area contributed by atoms with E-state index in [1.165, 1.54) is 12.5 Å². The first-order chi connectivity index (χ1) is 8.78. The SMILES string of the molecule is CS(=O)(=O)CC1(CC(=O)Nc2ccc(N)nc2)CC1.Cl. The quantitative estimate of drug-likeness (QED) is 0.850. The van der Waals surface area contributed by atoms with Crippen LogP contribution >= 0.6 is 12.4 Å². The van der Waals surface area contributed by atoms with Gasteiger partial charge in [-0.1, -0.05) is 0 Å². The van der Waals surface area contributed by atoms with Crippen LogP contribution in [0.4, 0.5) is 11.5 Å². The lowest BCUT2D eigenvalue weighted by Gasteiger charge is -2.13. The Morgan fingerprint density at radius 1 is 1.45 bits per heavy atom. The minimum absolute atomic E-state index is 0. The number of rotatable bonds is 5. The molecular formula is C12H18ClN3O3S. The molecule has 1 aromatic heterocycles. The number of hydrogen-bond acceptors (Lipinski definition) is 5. The molecular weight excluding hydrogens is 302 g/mol. The zero-order chi connectivity index (χ0) is 14.1. The molecule has 0 saturated heterocycles. The fourth-order valence-electron chi connectivity index (χ4n) is 2.13. The number of nitrogens with zero attached hydrogens (tertiary/aromatic N) is 1. The second kappa shape index (κ2) is 5.97. The first kappa shape index (κ1) is 16.7. The predicted octanol–water partition coefficient (Wildman–Crippen LogP) is 1.24. The standard InChI is InChI=1S/C12H17N3O3S.ClH/c1-19(17,18)8-12(4-5-12)6-11(16)15-9-2-3-10(13)14-7-9;/h2-3,7H,4-6,8H2,1H3,(H2,13,14)(H,15,16);1H. The molecule has 1 amide bonds. The first-order valence-corrected chi connectivity index (χ1v) is 8.03. The lowest BCUT2D eigenvalue weighted by atomic mass is 10.1. The molecule has 8 heteroatoms. The number of hydrogen-bond donors (Lipinski definition) is 2. The maximum Gasteiger partial charge on any atom is 0.225 e. The molecule has 1 aliphatic carbocycles. The Hall–Kier alpha value is -1.34. The van der Waals surface area contributed by atoms with Crippen molar-refractivity contribution in [3.8, 4) is 0 Å². The van der Waals surface area contributed by atoms with Crippen LogP contribution in [-0.4, -0.2) is 31.3 Å². The minimum atomic E-state index is -3.05. The largest absolute Gasteiger partial charge is 0.384 e. The highest BCUT2D eigenvalue weighted by atomic mass is 35.5. The fourth-order valence-corrected chi connectivity index (χ4v) is 3.63. The maximum atomic E-state index is 11.9. The van der Waals surface area contributed by atoms with Crippen LogP contribution in [0.2, 0.25) is 0 Å². The van der Waals surface area contributed by atoms with Gasteiger partial charge in [0.25, 0.3) is 0 Å². The molecule has 1 fully saturated rings. The van der Waals surface area contributed by atoms with E-state index >= 15 is 0 Å². The van der Waals surface area contributed by atoms with Crippen LogP contribution in [0.25, 0.3) is 0 Å². The zero-order valence-corrected chi connectivity index (χ0v) is 12.8. The lowest BCUT2D eigenvalue weighted by Crippen LogP contribution is -2.23. The number of carbonyl (C=O) groups excluding carboxylic acids is 1. The maximum absolute atomic E-state index is 11.9. The molecule has 0 atom stereocenters. The number of carbonyl (C=O) groups is 1. The van der Waals surface area contributed by atoms with E-state index in [2.05, 4.69) is 10.3 Å². The van der Waals surface area contributed by atoms with Crippen molar-refractivity contribution < 1.29 is 13.2 Å². The van der Waals surface area contributed by atoms with Gasteiger partial charge in [-0.3, -0.25) is 4.79 Å². The van der Waals surface area contributed by atoms with Gasteiger partial charge in [-0.2, -0.15) is 0 Å². The van der Waals surface area contributed by atoms with Gasteiger partial charge in [-0.15, -0.1) is 12.4 Å². The normalized spacial score (nSPS) is 16.1. The zero-order valence-electron chi connectivity index (χ0n) is 11.1. The number of amides is 1. The lowest BCUT2D eigenvalue weighted by molar-refractivity contribution is -0.117. The molecule has 1 saturated carbocycles. The van der Waals surface area contributed by atoms with Gasteiger partial charge in [0, 0.05) is 12.7 Å². The monoisotopic (exact) mass is 319 g/mol. The molecule has 3 N–H and O–H groups in total. The molecule has 2 rings (SSSR count). The van der Waals surface area contributed by atoms with Crippen LogP contribution in [0.5, 0.6) is 0 Å². The molecule has 0 radical (unpaired) electrons. The van der Waals surface area contributed by atoms with Crippen molar-refractivity contribution in [2.24, 2.45) is 5.41 Å². The Kier molecular flexibility index (Phi) is 4.99. The van der Waals surface area contributed by atoms with E-state index in [4.69, 9.17) is 5.73 Å². The summed E-state index contributed by atoms with van der Waals surface area (Å²) in [5.74, 6) is 0.273. The number of halogens is 1. The summed E-state index contributed by atoms with van der Waals surface area (Å²) in [4.78, 5) is 15.7. The molecule has 1 aromatic rings. The van der Waals surface area contributed by atoms with Crippen molar-refractivity contribution >= 4 is 39.7 Å². The average molecular weight is 320 g/mol. The third kappa shape index (κ3) is 4.97. The molecule has 0 unspecified atom stereocenters. The molecule has 0 bridgehead atoms. The molecule has 0 spiro atoms. The highest BCUT2D eigenvalue weighted by molar-refractivity contribution is 7.90. The smallest absolute Gasteiger partial charge is 0.225 e. The van der Waals surface area contributed by atoms with E-state index in [9.17, 15) is 13.2 Å². The topological polar surface area (TPSA) is 102 Å². The van der Waals surface area contributed by atoms with Crippen molar-refractivity contribution in [2.45, 2.75) is 19.3 Å². The van der Waals surface area contributed by atoms with Gasteiger partial charge in [-0.05, 0) is 30.4 Å². The molecule has 6 nitrogen and oxygen atoms in total. The van der Waals surface area contributed by atoms with E-state index < -0.39 is 9.84 Å². The third-order valence-corrected chi connectivity index (χ3v) is 4.27. The molecule has 0 aliphatic heterocycles. The van der Waals surface area contributed by atoms with Gasteiger partial charge in [0.1, 0.15) is 15.7 Å². The Bertz CT molecular complexity index is 582. The highest BCUT2D eigenvalue weighted by Gasteiger charge is 2.46. The number of anilines is 2. The highest BCUT2D eigenvalue weighted by Crippen LogP contribution is 2.49. The Morgan fingerprint density at radius 2 is 2.10 bits per heavy atom. The molecule has 112 valence electrons. The van der Waals surface area contributed by atoms with Gasteiger partial charge >= 0.3 is 0 Å². The molecule has 20 heavy (non-hydrogen) atoms. The minimum Gasteiger partial charge on any atom is -0.384 e. The molecule has 1 aliphatic rings. The second-order valence-corrected chi connectivity index (χ2v) is 7.41. The van der Waals surface area contributed by atoms with Crippen LogP contribution in [0.3, 0.4) is 0 Å². The van der Waals surface area contributed by atoms with Crippen LogP contribution in [0.15, 0.2) is 18.3 Å². The van der Waals surface area contributed by atoms with E-state index in [1.807, 2.05) is 0 Å². The Labute approximate surface area is 124 Å². The molecule has 1 heterocycles.